The summed E-state index contributed by atoms with van der Waals surface area (Å²) in [4.78, 5) is 4.24. The van der Waals surface area contributed by atoms with Crippen molar-refractivity contribution in [2.75, 3.05) is 0 Å². The molecule has 0 aliphatic heterocycles. The van der Waals surface area contributed by atoms with Crippen molar-refractivity contribution in [1.29, 1.82) is 0 Å². The second kappa shape index (κ2) is 4.87. The third-order valence-electron chi connectivity index (χ3n) is 2.30. The zero-order valence-corrected chi connectivity index (χ0v) is 9.32. The molecular weight excluding hydrogens is 220 g/mol. The molecular formula is C14H11F2N. The van der Waals surface area contributed by atoms with E-state index in [1.807, 2.05) is 19.1 Å². The molecule has 17 heavy (non-hydrogen) atoms. The molecule has 1 nitrogen and oxygen atoms in total. The molecule has 0 saturated carbocycles. The molecule has 1 aromatic heterocycles. The molecule has 0 atom stereocenters. The maximum atomic E-state index is 13.3. The molecule has 0 spiro atoms. The standard InChI is InChI=1S/C14H11F2N/c1-10-3-2-4-13(17-10)7-5-11-9-12(15)6-8-14(11)16/h2-9H,1H3/b7-5+. The number of pyridine rings is 1. The van der Waals surface area contributed by atoms with E-state index in [1.54, 1.807) is 12.1 Å². The minimum Gasteiger partial charge on any atom is -0.254 e. The van der Waals surface area contributed by atoms with Gasteiger partial charge in [-0.1, -0.05) is 6.07 Å². The third-order valence-corrected chi connectivity index (χ3v) is 2.30. The summed E-state index contributed by atoms with van der Waals surface area (Å²) in [6, 6.07) is 8.91. The van der Waals surface area contributed by atoms with Crippen molar-refractivity contribution >= 4 is 12.2 Å². The van der Waals surface area contributed by atoms with Crippen LogP contribution in [0.15, 0.2) is 36.4 Å². The second-order valence-electron chi connectivity index (χ2n) is 3.70. The molecule has 86 valence electrons. The Morgan fingerprint density at radius 1 is 1.06 bits per heavy atom. The molecule has 0 fully saturated rings. The number of aromatic nitrogens is 1. The Hall–Kier alpha value is -2.03. The number of rotatable bonds is 2. The Morgan fingerprint density at radius 2 is 1.88 bits per heavy atom. The fraction of sp³-hybridized carbons (Fsp3) is 0.0714. The lowest BCUT2D eigenvalue weighted by atomic mass is 10.1. The molecule has 0 N–H and O–H groups in total. The molecule has 0 amide bonds. The quantitative estimate of drug-likeness (QED) is 0.765. The van der Waals surface area contributed by atoms with Crippen LogP contribution in [0.5, 0.6) is 0 Å². The van der Waals surface area contributed by atoms with Crippen LogP contribution in [0.1, 0.15) is 17.0 Å². The molecule has 2 rings (SSSR count). The molecule has 0 aliphatic carbocycles. The average Bonchev–Trinajstić information content (AvgIpc) is 2.30. The first-order chi connectivity index (χ1) is 8.15. The van der Waals surface area contributed by atoms with Crippen LogP contribution in [0.4, 0.5) is 8.78 Å². The molecule has 0 aliphatic rings. The highest BCUT2D eigenvalue weighted by molar-refractivity contribution is 5.68. The topological polar surface area (TPSA) is 12.9 Å². The van der Waals surface area contributed by atoms with Gasteiger partial charge in [-0.15, -0.1) is 0 Å². The van der Waals surface area contributed by atoms with Crippen LogP contribution in [-0.2, 0) is 0 Å². The summed E-state index contributed by atoms with van der Waals surface area (Å²) in [7, 11) is 0. The lowest BCUT2D eigenvalue weighted by Gasteiger charge is -1.98. The lowest BCUT2D eigenvalue weighted by molar-refractivity contribution is 0.598. The summed E-state index contributed by atoms with van der Waals surface area (Å²) in [5, 5.41) is 0. The molecule has 0 saturated heterocycles. The Kier molecular flexibility index (Phi) is 3.28. The summed E-state index contributed by atoms with van der Waals surface area (Å²) < 4.78 is 26.2. The smallest absolute Gasteiger partial charge is 0.130 e. The highest BCUT2D eigenvalue weighted by Crippen LogP contribution is 2.13. The predicted octanol–water partition coefficient (Wildman–Crippen LogP) is 3.84. The highest BCUT2D eigenvalue weighted by atomic mass is 19.1. The summed E-state index contributed by atoms with van der Waals surface area (Å²) in [5.41, 5.74) is 1.81. The molecule has 0 bridgehead atoms. The van der Waals surface area contributed by atoms with E-state index < -0.39 is 11.6 Å². The number of hydrogen-bond acceptors (Lipinski definition) is 1. The van der Waals surface area contributed by atoms with E-state index in [0.717, 1.165) is 23.9 Å². The van der Waals surface area contributed by atoms with Gasteiger partial charge in [-0.05, 0) is 49.4 Å². The van der Waals surface area contributed by atoms with E-state index in [1.165, 1.54) is 6.08 Å². The maximum absolute atomic E-state index is 13.3. The van der Waals surface area contributed by atoms with E-state index in [0.29, 0.717) is 5.69 Å². The number of nitrogens with zero attached hydrogens (tertiary/aromatic N) is 1. The van der Waals surface area contributed by atoms with Gasteiger partial charge in [0.25, 0.3) is 0 Å². The largest absolute Gasteiger partial charge is 0.254 e. The molecule has 3 heteroatoms. The Morgan fingerprint density at radius 3 is 2.65 bits per heavy atom. The normalized spacial score (nSPS) is 11.0. The first kappa shape index (κ1) is 11.5. The van der Waals surface area contributed by atoms with Crippen molar-refractivity contribution in [2.45, 2.75) is 6.92 Å². The molecule has 2 aromatic rings. The first-order valence-corrected chi connectivity index (χ1v) is 5.22. The van der Waals surface area contributed by atoms with Crippen molar-refractivity contribution in [2.24, 2.45) is 0 Å². The zero-order chi connectivity index (χ0) is 12.3. The Labute approximate surface area is 98.4 Å². The summed E-state index contributed by atoms with van der Waals surface area (Å²) >= 11 is 0. The van der Waals surface area contributed by atoms with Gasteiger partial charge in [0.2, 0.25) is 0 Å². The van der Waals surface area contributed by atoms with E-state index in [2.05, 4.69) is 4.98 Å². The summed E-state index contributed by atoms with van der Waals surface area (Å²) in [5.74, 6) is -0.904. The van der Waals surface area contributed by atoms with Crippen molar-refractivity contribution in [3.05, 3.63) is 65.0 Å². The van der Waals surface area contributed by atoms with Crippen molar-refractivity contribution < 1.29 is 8.78 Å². The third kappa shape index (κ3) is 2.97. The van der Waals surface area contributed by atoms with Gasteiger partial charge in [0, 0.05) is 11.3 Å². The first-order valence-electron chi connectivity index (χ1n) is 5.22. The van der Waals surface area contributed by atoms with E-state index >= 15 is 0 Å². The van der Waals surface area contributed by atoms with Gasteiger partial charge < -0.3 is 0 Å². The van der Waals surface area contributed by atoms with E-state index in [9.17, 15) is 8.78 Å². The van der Waals surface area contributed by atoms with Gasteiger partial charge in [0.05, 0.1) is 5.69 Å². The van der Waals surface area contributed by atoms with Gasteiger partial charge in [-0.2, -0.15) is 0 Å². The van der Waals surface area contributed by atoms with Gasteiger partial charge >= 0.3 is 0 Å². The molecule has 1 heterocycles. The Bertz CT molecular complexity index is 562. The van der Waals surface area contributed by atoms with Crippen LogP contribution < -0.4 is 0 Å². The van der Waals surface area contributed by atoms with Crippen molar-refractivity contribution in [3.8, 4) is 0 Å². The fourth-order valence-corrected chi connectivity index (χ4v) is 1.47. The van der Waals surface area contributed by atoms with Crippen molar-refractivity contribution in [1.82, 2.24) is 4.98 Å². The van der Waals surface area contributed by atoms with Crippen LogP contribution in [0.25, 0.3) is 12.2 Å². The summed E-state index contributed by atoms with van der Waals surface area (Å²) in [6.07, 6.45) is 3.17. The van der Waals surface area contributed by atoms with Gasteiger partial charge in [-0.25, -0.2) is 8.78 Å². The molecule has 1 aromatic carbocycles. The minimum absolute atomic E-state index is 0.216. The lowest BCUT2D eigenvalue weighted by Crippen LogP contribution is -1.86. The van der Waals surface area contributed by atoms with Gasteiger partial charge in [-0.3, -0.25) is 4.98 Å². The second-order valence-corrected chi connectivity index (χ2v) is 3.70. The molecule has 0 unspecified atom stereocenters. The van der Waals surface area contributed by atoms with E-state index in [4.69, 9.17) is 0 Å². The van der Waals surface area contributed by atoms with Gasteiger partial charge in [0.1, 0.15) is 11.6 Å². The van der Waals surface area contributed by atoms with Crippen LogP contribution >= 0.6 is 0 Å². The monoisotopic (exact) mass is 231 g/mol. The average molecular weight is 231 g/mol. The Balaban J connectivity index is 2.29. The minimum atomic E-state index is -0.455. The van der Waals surface area contributed by atoms with Crippen LogP contribution in [-0.4, -0.2) is 4.98 Å². The van der Waals surface area contributed by atoms with Crippen molar-refractivity contribution in [3.63, 3.8) is 0 Å². The summed E-state index contributed by atoms with van der Waals surface area (Å²) in [6.45, 7) is 1.88. The van der Waals surface area contributed by atoms with Crippen LogP contribution in [0.2, 0.25) is 0 Å². The molecule has 0 radical (unpaired) electrons. The van der Waals surface area contributed by atoms with Crippen LogP contribution in [0.3, 0.4) is 0 Å². The number of hydrogen-bond donors (Lipinski definition) is 0. The van der Waals surface area contributed by atoms with Gasteiger partial charge in [0.15, 0.2) is 0 Å². The number of aryl methyl sites for hydroxylation is 1. The fourth-order valence-electron chi connectivity index (χ4n) is 1.47. The van der Waals surface area contributed by atoms with E-state index in [-0.39, 0.29) is 5.56 Å². The number of halogens is 2. The maximum Gasteiger partial charge on any atom is 0.130 e. The van der Waals surface area contributed by atoms with Crippen LogP contribution in [0, 0.1) is 18.6 Å². The highest BCUT2D eigenvalue weighted by Gasteiger charge is 2.00. The zero-order valence-electron chi connectivity index (χ0n) is 9.32. The predicted molar refractivity (Wildman–Crippen MR) is 64.3 cm³/mol. The SMILES string of the molecule is Cc1cccc(/C=C/c2cc(F)ccc2F)n1. The number of benzene rings is 1.